The molecule has 0 aliphatic heterocycles. The van der Waals surface area contributed by atoms with Gasteiger partial charge in [0.15, 0.2) is 6.04 Å². The molecule has 0 aliphatic carbocycles. The van der Waals surface area contributed by atoms with E-state index in [9.17, 15) is 5.26 Å². The minimum Gasteiger partial charge on any atom is -0.195 e. The Kier molecular flexibility index (Phi) is 4.44. The average molecular weight is 281 g/mol. The lowest BCUT2D eigenvalue weighted by molar-refractivity contribution is 0.849. The summed E-state index contributed by atoms with van der Waals surface area (Å²) in [5.41, 5.74) is 1.58. The van der Waals surface area contributed by atoms with Crippen molar-refractivity contribution >= 4 is 17.3 Å². The third kappa shape index (κ3) is 3.20. The molecule has 5 heteroatoms. The van der Waals surface area contributed by atoms with Crippen LogP contribution in [0.1, 0.15) is 17.2 Å². The van der Waals surface area contributed by atoms with Gasteiger partial charge in [0.05, 0.1) is 23.4 Å². The van der Waals surface area contributed by atoms with Crippen LogP contribution in [0.5, 0.6) is 0 Å². The molecule has 0 radical (unpaired) electrons. The maximum Gasteiger partial charge on any atom is 0.183 e. The number of nitrogens with zero attached hydrogens (tertiary/aromatic N) is 4. The summed E-state index contributed by atoms with van der Waals surface area (Å²) < 4.78 is 0. The maximum absolute atomic E-state index is 9.19. The van der Waals surface area contributed by atoms with Crippen molar-refractivity contribution in [1.29, 1.82) is 10.5 Å². The molecule has 1 atom stereocenters. The van der Waals surface area contributed by atoms with Crippen LogP contribution in [0, 0.1) is 22.7 Å². The highest BCUT2D eigenvalue weighted by molar-refractivity contribution is 6.30. The van der Waals surface area contributed by atoms with Gasteiger partial charge >= 0.3 is 0 Å². The monoisotopic (exact) mass is 280 g/mol. The Morgan fingerprint density at radius 2 is 1.70 bits per heavy atom. The molecular weight excluding hydrogens is 272 g/mol. The molecule has 0 saturated carbocycles. The predicted octanol–water partition coefficient (Wildman–Crippen LogP) is 4.56. The molecule has 96 valence electrons. The number of azo groups is 1. The molecule has 0 fully saturated rings. The summed E-state index contributed by atoms with van der Waals surface area (Å²) in [6, 6.07) is 16.9. The smallest absolute Gasteiger partial charge is 0.183 e. The minimum atomic E-state index is -0.804. The van der Waals surface area contributed by atoms with Crippen molar-refractivity contribution < 1.29 is 0 Å². The Balaban J connectivity index is 2.28. The van der Waals surface area contributed by atoms with Gasteiger partial charge in [0.1, 0.15) is 0 Å². The van der Waals surface area contributed by atoms with E-state index in [2.05, 4.69) is 10.2 Å². The third-order valence-electron chi connectivity index (χ3n) is 2.61. The maximum atomic E-state index is 9.19. The third-order valence-corrected chi connectivity index (χ3v) is 2.87. The normalized spacial score (nSPS) is 11.8. The Hall–Kier alpha value is -2.69. The fourth-order valence-corrected chi connectivity index (χ4v) is 1.75. The van der Waals surface area contributed by atoms with E-state index in [4.69, 9.17) is 16.9 Å². The molecule has 2 aromatic carbocycles. The van der Waals surface area contributed by atoms with E-state index in [0.717, 1.165) is 0 Å². The highest BCUT2D eigenvalue weighted by atomic mass is 35.5. The van der Waals surface area contributed by atoms with Crippen molar-refractivity contribution in [3.63, 3.8) is 0 Å². The fraction of sp³-hybridized carbons (Fsp3) is 0.0667. The van der Waals surface area contributed by atoms with Crippen LogP contribution in [-0.4, -0.2) is 0 Å². The van der Waals surface area contributed by atoms with Gasteiger partial charge in [-0.05, 0) is 30.3 Å². The van der Waals surface area contributed by atoms with E-state index >= 15 is 0 Å². The molecule has 0 spiro atoms. The zero-order valence-corrected chi connectivity index (χ0v) is 11.1. The highest BCUT2D eigenvalue weighted by Gasteiger charge is 2.13. The van der Waals surface area contributed by atoms with Crippen molar-refractivity contribution in [3.05, 3.63) is 64.7 Å². The molecular formula is C15H9ClN4. The fourth-order valence-electron chi connectivity index (χ4n) is 1.63. The quantitative estimate of drug-likeness (QED) is 0.773. The van der Waals surface area contributed by atoms with Gasteiger partial charge in [-0.3, -0.25) is 0 Å². The molecule has 20 heavy (non-hydrogen) atoms. The first-order valence-electron chi connectivity index (χ1n) is 5.79. The average Bonchev–Trinajstić information content (AvgIpc) is 2.50. The first-order chi connectivity index (χ1) is 9.74. The summed E-state index contributed by atoms with van der Waals surface area (Å²) in [5.74, 6) is 0. The van der Waals surface area contributed by atoms with E-state index in [-0.39, 0.29) is 0 Å². The lowest BCUT2D eigenvalue weighted by Gasteiger charge is -2.04. The zero-order chi connectivity index (χ0) is 14.4. The number of rotatable bonds is 3. The lowest BCUT2D eigenvalue weighted by Crippen LogP contribution is -1.94. The van der Waals surface area contributed by atoms with Crippen LogP contribution in [0.15, 0.2) is 58.8 Å². The molecule has 2 aromatic rings. The van der Waals surface area contributed by atoms with Gasteiger partial charge in [0, 0.05) is 10.6 Å². The van der Waals surface area contributed by atoms with Gasteiger partial charge in [-0.2, -0.15) is 20.8 Å². The first-order valence-corrected chi connectivity index (χ1v) is 6.17. The molecule has 4 nitrogen and oxygen atoms in total. The largest absolute Gasteiger partial charge is 0.195 e. The van der Waals surface area contributed by atoms with Crippen LogP contribution in [0.4, 0.5) is 5.69 Å². The number of halogens is 1. The summed E-state index contributed by atoms with van der Waals surface area (Å²) in [7, 11) is 0. The summed E-state index contributed by atoms with van der Waals surface area (Å²) >= 11 is 5.78. The second kappa shape index (κ2) is 6.47. The van der Waals surface area contributed by atoms with Crippen LogP contribution in [0.25, 0.3) is 0 Å². The molecule has 0 aromatic heterocycles. The number of nitriles is 2. The molecule has 0 saturated heterocycles. The Morgan fingerprint density at radius 3 is 2.35 bits per heavy atom. The van der Waals surface area contributed by atoms with E-state index in [0.29, 0.717) is 21.8 Å². The van der Waals surface area contributed by atoms with Crippen LogP contribution in [0.3, 0.4) is 0 Å². The van der Waals surface area contributed by atoms with E-state index in [1.807, 2.05) is 12.1 Å². The Labute approximate surface area is 121 Å². The van der Waals surface area contributed by atoms with Crippen LogP contribution in [-0.2, 0) is 0 Å². The van der Waals surface area contributed by atoms with Crippen molar-refractivity contribution in [1.82, 2.24) is 0 Å². The molecule has 0 amide bonds. The predicted molar refractivity (Wildman–Crippen MR) is 75.5 cm³/mol. The number of hydrogen-bond donors (Lipinski definition) is 0. The van der Waals surface area contributed by atoms with Crippen molar-refractivity contribution in [2.45, 2.75) is 6.04 Å². The van der Waals surface area contributed by atoms with Gasteiger partial charge in [-0.15, -0.1) is 0 Å². The van der Waals surface area contributed by atoms with Gasteiger partial charge in [0.25, 0.3) is 0 Å². The molecule has 0 bridgehead atoms. The molecule has 0 aliphatic rings. The summed E-state index contributed by atoms with van der Waals surface area (Å²) in [6.07, 6.45) is 0. The molecule has 0 N–H and O–H groups in total. The number of hydrogen-bond acceptors (Lipinski definition) is 4. The Morgan fingerprint density at radius 1 is 1.00 bits per heavy atom. The van der Waals surface area contributed by atoms with Crippen molar-refractivity contribution in [3.8, 4) is 12.1 Å². The van der Waals surface area contributed by atoms with Crippen molar-refractivity contribution in [2.75, 3.05) is 0 Å². The summed E-state index contributed by atoms with van der Waals surface area (Å²) in [5, 5.41) is 26.8. The SMILES string of the molecule is N#Cc1ccccc1C(C#N)N=Nc1ccc(Cl)cc1. The van der Waals surface area contributed by atoms with E-state index in [1.165, 1.54) is 0 Å². The highest BCUT2D eigenvalue weighted by Crippen LogP contribution is 2.23. The standard InChI is InChI=1S/C15H9ClN4/c16-12-5-7-13(8-6-12)19-20-15(10-18)14-4-2-1-3-11(14)9-17/h1-8,15H. The Bertz CT molecular complexity index is 708. The zero-order valence-electron chi connectivity index (χ0n) is 10.4. The van der Waals surface area contributed by atoms with Gasteiger partial charge in [0.2, 0.25) is 0 Å². The van der Waals surface area contributed by atoms with E-state index < -0.39 is 6.04 Å². The van der Waals surface area contributed by atoms with Crippen LogP contribution >= 0.6 is 11.6 Å². The lowest BCUT2D eigenvalue weighted by atomic mass is 10.0. The molecule has 1 unspecified atom stereocenters. The summed E-state index contributed by atoms with van der Waals surface area (Å²) in [4.78, 5) is 0. The summed E-state index contributed by atoms with van der Waals surface area (Å²) in [6.45, 7) is 0. The minimum absolute atomic E-state index is 0.425. The molecule has 2 rings (SSSR count). The van der Waals surface area contributed by atoms with Crippen molar-refractivity contribution in [2.24, 2.45) is 10.2 Å². The molecule has 0 heterocycles. The van der Waals surface area contributed by atoms with E-state index in [1.54, 1.807) is 48.5 Å². The van der Waals surface area contributed by atoms with Crippen LogP contribution < -0.4 is 0 Å². The second-order valence-corrected chi connectivity index (χ2v) is 4.36. The van der Waals surface area contributed by atoms with Gasteiger partial charge in [-0.25, -0.2) is 0 Å². The first kappa shape index (κ1) is 13.7. The number of benzene rings is 2. The second-order valence-electron chi connectivity index (χ2n) is 3.92. The van der Waals surface area contributed by atoms with Crippen LogP contribution in [0.2, 0.25) is 5.02 Å². The topological polar surface area (TPSA) is 72.3 Å². The van der Waals surface area contributed by atoms with Gasteiger partial charge < -0.3 is 0 Å². The van der Waals surface area contributed by atoms with Gasteiger partial charge in [-0.1, -0.05) is 29.8 Å².